The van der Waals surface area contributed by atoms with Crippen molar-refractivity contribution in [2.75, 3.05) is 19.0 Å². The van der Waals surface area contributed by atoms with Crippen LogP contribution in [0.25, 0.3) is 0 Å². The molecule has 0 fully saturated rings. The van der Waals surface area contributed by atoms with Crippen molar-refractivity contribution in [1.82, 2.24) is 9.97 Å². The Morgan fingerprint density at radius 1 is 1.39 bits per heavy atom. The molecule has 1 unspecified atom stereocenters. The Morgan fingerprint density at radius 3 is 2.67 bits per heavy atom. The van der Waals surface area contributed by atoms with E-state index in [1.807, 2.05) is 24.3 Å². The average molecular weight is 265 g/mol. The number of nitrogens with one attached hydrogen (secondary N) is 3. The van der Waals surface area contributed by atoms with Gasteiger partial charge in [-0.3, -0.25) is 0 Å². The fourth-order valence-corrected chi connectivity index (χ4v) is 1.74. The topological polar surface area (TPSA) is 73.1 Å². The smallest absolute Gasteiger partial charge is 0.174 e. The van der Waals surface area contributed by atoms with Gasteiger partial charge in [-0.15, -0.1) is 0 Å². The highest BCUT2D eigenvalue weighted by atomic mass is 32.1. The van der Waals surface area contributed by atoms with E-state index < -0.39 is 6.10 Å². The van der Waals surface area contributed by atoms with Crippen molar-refractivity contribution in [3.63, 3.8) is 0 Å². The van der Waals surface area contributed by atoms with Crippen LogP contribution in [0.2, 0.25) is 0 Å². The summed E-state index contributed by atoms with van der Waals surface area (Å²) in [5.41, 5.74) is 1.59. The highest BCUT2D eigenvalue weighted by molar-refractivity contribution is 7.71. The number of ether oxygens (including phenoxy) is 1. The lowest BCUT2D eigenvalue weighted by Crippen LogP contribution is -2.12. The molecule has 1 aromatic carbocycles. The van der Waals surface area contributed by atoms with E-state index >= 15 is 0 Å². The summed E-state index contributed by atoms with van der Waals surface area (Å²) in [6.45, 7) is 0.398. The third-order valence-corrected chi connectivity index (χ3v) is 2.79. The van der Waals surface area contributed by atoms with Gasteiger partial charge < -0.3 is 25.1 Å². The van der Waals surface area contributed by atoms with Crippen molar-refractivity contribution in [3.8, 4) is 5.75 Å². The normalized spacial score (nSPS) is 12.1. The number of H-pyrrole nitrogens is 2. The molecule has 18 heavy (non-hydrogen) atoms. The highest BCUT2D eigenvalue weighted by Crippen LogP contribution is 2.16. The first kappa shape index (κ1) is 12.7. The summed E-state index contributed by atoms with van der Waals surface area (Å²) in [4.78, 5) is 5.70. The van der Waals surface area contributed by atoms with Gasteiger partial charge in [0.15, 0.2) is 4.77 Å². The number of benzene rings is 1. The molecule has 0 saturated heterocycles. The minimum atomic E-state index is -0.639. The van der Waals surface area contributed by atoms with Crippen LogP contribution in [0.15, 0.2) is 30.5 Å². The van der Waals surface area contributed by atoms with Crippen molar-refractivity contribution >= 4 is 17.9 Å². The average Bonchev–Trinajstić information content (AvgIpc) is 2.83. The minimum absolute atomic E-state index is 0.398. The highest BCUT2D eigenvalue weighted by Gasteiger charge is 2.08. The number of hydrogen-bond donors (Lipinski definition) is 4. The Labute approximate surface area is 110 Å². The first-order valence-electron chi connectivity index (χ1n) is 5.52. The minimum Gasteiger partial charge on any atom is -0.497 e. The molecule has 5 nitrogen and oxygen atoms in total. The van der Waals surface area contributed by atoms with Crippen LogP contribution in [0.5, 0.6) is 5.75 Å². The van der Waals surface area contributed by atoms with E-state index in [0.717, 1.165) is 11.4 Å². The second-order valence-electron chi connectivity index (χ2n) is 3.82. The SMILES string of the molecule is COc1ccc(NCC(O)c2c[nH]c(=S)[nH]2)cc1. The van der Waals surface area contributed by atoms with Gasteiger partial charge in [0.25, 0.3) is 0 Å². The van der Waals surface area contributed by atoms with Crippen molar-refractivity contribution in [3.05, 3.63) is 40.9 Å². The molecule has 0 aliphatic heterocycles. The van der Waals surface area contributed by atoms with Crippen LogP contribution in [0.4, 0.5) is 5.69 Å². The predicted molar refractivity (Wildman–Crippen MR) is 72.4 cm³/mol. The number of rotatable bonds is 5. The zero-order chi connectivity index (χ0) is 13.0. The Hall–Kier alpha value is -1.79. The summed E-state index contributed by atoms with van der Waals surface area (Å²) >= 11 is 4.90. The zero-order valence-corrected chi connectivity index (χ0v) is 10.8. The molecule has 96 valence electrons. The molecule has 0 amide bonds. The largest absolute Gasteiger partial charge is 0.497 e. The van der Waals surface area contributed by atoms with Crippen LogP contribution in [0.3, 0.4) is 0 Å². The van der Waals surface area contributed by atoms with Gasteiger partial charge in [0.1, 0.15) is 11.9 Å². The summed E-state index contributed by atoms with van der Waals surface area (Å²) in [6.07, 6.45) is 1.03. The fourth-order valence-electron chi connectivity index (χ4n) is 1.56. The van der Waals surface area contributed by atoms with Gasteiger partial charge in [-0.2, -0.15) is 0 Å². The summed E-state index contributed by atoms with van der Waals surface area (Å²) in [5.74, 6) is 0.802. The third-order valence-electron chi connectivity index (χ3n) is 2.57. The second kappa shape index (κ2) is 5.70. The number of aliphatic hydroxyl groups excluding tert-OH is 1. The van der Waals surface area contributed by atoms with Gasteiger partial charge in [0.05, 0.1) is 12.8 Å². The first-order valence-corrected chi connectivity index (χ1v) is 5.93. The lowest BCUT2D eigenvalue weighted by atomic mass is 10.2. The van der Waals surface area contributed by atoms with E-state index in [1.54, 1.807) is 13.3 Å². The Morgan fingerprint density at radius 2 is 2.11 bits per heavy atom. The molecule has 0 aliphatic carbocycles. The van der Waals surface area contributed by atoms with E-state index in [-0.39, 0.29) is 0 Å². The van der Waals surface area contributed by atoms with E-state index in [4.69, 9.17) is 17.0 Å². The summed E-state index contributed by atoms with van der Waals surface area (Å²) < 4.78 is 5.58. The zero-order valence-electron chi connectivity index (χ0n) is 9.93. The molecule has 4 N–H and O–H groups in total. The molecule has 0 saturated carbocycles. The van der Waals surface area contributed by atoms with Crippen LogP contribution < -0.4 is 10.1 Å². The number of aromatic amines is 2. The lowest BCUT2D eigenvalue weighted by molar-refractivity contribution is 0.187. The maximum Gasteiger partial charge on any atom is 0.174 e. The Kier molecular flexibility index (Phi) is 4.01. The molecule has 2 rings (SSSR count). The monoisotopic (exact) mass is 265 g/mol. The third kappa shape index (κ3) is 3.12. The van der Waals surface area contributed by atoms with Gasteiger partial charge in [0, 0.05) is 18.4 Å². The van der Waals surface area contributed by atoms with E-state index in [2.05, 4.69) is 15.3 Å². The standard InChI is InChI=1S/C12H15N3O2S/c1-17-9-4-2-8(3-5-9)13-7-11(16)10-6-14-12(18)15-10/h2-6,11,13,16H,7H2,1H3,(H2,14,15,18). The van der Waals surface area contributed by atoms with Crippen molar-refractivity contribution in [2.24, 2.45) is 0 Å². The predicted octanol–water partition coefficient (Wildman–Crippen LogP) is 2.23. The Balaban J connectivity index is 1.92. The van der Waals surface area contributed by atoms with E-state index in [0.29, 0.717) is 17.0 Å². The van der Waals surface area contributed by atoms with Crippen LogP contribution >= 0.6 is 12.2 Å². The molecule has 2 aromatic rings. The first-order chi connectivity index (χ1) is 8.69. The van der Waals surface area contributed by atoms with Crippen LogP contribution in [-0.2, 0) is 0 Å². The van der Waals surface area contributed by atoms with Gasteiger partial charge in [0.2, 0.25) is 0 Å². The summed E-state index contributed by atoms with van der Waals surface area (Å²) in [5, 5.41) is 13.0. The van der Waals surface area contributed by atoms with Crippen molar-refractivity contribution in [1.29, 1.82) is 0 Å². The van der Waals surface area contributed by atoms with Gasteiger partial charge >= 0.3 is 0 Å². The molecular weight excluding hydrogens is 250 g/mol. The van der Waals surface area contributed by atoms with Crippen LogP contribution in [0, 0.1) is 4.77 Å². The van der Waals surface area contributed by atoms with Crippen LogP contribution in [0.1, 0.15) is 11.8 Å². The van der Waals surface area contributed by atoms with Crippen LogP contribution in [-0.4, -0.2) is 28.7 Å². The molecule has 0 aliphatic rings. The molecule has 1 heterocycles. The number of imidazole rings is 1. The lowest BCUT2D eigenvalue weighted by Gasteiger charge is -2.11. The van der Waals surface area contributed by atoms with E-state index in [9.17, 15) is 5.11 Å². The van der Waals surface area contributed by atoms with Gasteiger partial charge in [-0.1, -0.05) is 0 Å². The number of anilines is 1. The molecule has 0 bridgehead atoms. The molecule has 1 atom stereocenters. The number of aromatic nitrogens is 2. The maximum atomic E-state index is 9.91. The molecule has 1 aromatic heterocycles. The van der Waals surface area contributed by atoms with E-state index in [1.165, 1.54) is 0 Å². The Bertz CT molecular complexity index is 547. The molecular formula is C12H15N3O2S. The van der Waals surface area contributed by atoms with Crippen molar-refractivity contribution < 1.29 is 9.84 Å². The van der Waals surface area contributed by atoms with Gasteiger partial charge in [-0.25, -0.2) is 0 Å². The number of methoxy groups -OCH3 is 1. The molecule has 6 heteroatoms. The molecule has 0 radical (unpaired) electrons. The van der Waals surface area contributed by atoms with Gasteiger partial charge in [-0.05, 0) is 36.5 Å². The summed E-state index contributed by atoms with van der Waals surface area (Å²) in [6, 6.07) is 7.51. The maximum absolute atomic E-state index is 9.91. The quantitative estimate of drug-likeness (QED) is 0.626. The molecule has 0 spiro atoms. The second-order valence-corrected chi connectivity index (χ2v) is 4.23. The summed E-state index contributed by atoms with van der Waals surface area (Å²) in [7, 11) is 1.63. The number of aliphatic hydroxyl groups is 1. The van der Waals surface area contributed by atoms with Crippen molar-refractivity contribution in [2.45, 2.75) is 6.10 Å². The fraction of sp³-hybridized carbons (Fsp3) is 0.250. The number of hydrogen-bond acceptors (Lipinski definition) is 4.